The molecule has 0 radical (unpaired) electrons. The normalized spacial score (nSPS) is 9.88. The van der Waals surface area contributed by atoms with Gasteiger partial charge in [0.2, 0.25) is 0 Å². The summed E-state index contributed by atoms with van der Waals surface area (Å²) in [6.07, 6.45) is 0. The van der Waals surface area contributed by atoms with Crippen LogP contribution in [0.2, 0.25) is 0 Å². The van der Waals surface area contributed by atoms with Gasteiger partial charge in [-0.1, -0.05) is 11.8 Å². The van der Waals surface area contributed by atoms with Crippen molar-refractivity contribution in [2.45, 2.75) is 16.7 Å². The van der Waals surface area contributed by atoms with Gasteiger partial charge in [0, 0.05) is 9.79 Å². The molecule has 0 spiro atoms. The number of hydrogen-bond acceptors (Lipinski definition) is 3. The average Bonchev–Trinajstić information content (AvgIpc) is 2.34. The molecular weight excluding hydrogens is 230 g/mol. The molecule has 0 aliphatic heterocycles. The minimum Gasteiger partial charge on any atom is -0.508 e. The van der Waals surface area contributed by atoms with E-state index in [-0.39, 0.29) is 5.75 Å². The van der Waals surface area contributed by atoms with E-state index in [0.29, 0.717) is 5.56 Å². The summed E-state index contributed by atoms with van der Waals surface area (Å²) in [5.74, 6) is 0.284. The van der Waals surface area contributed by atoms with Crippen molar-refractivity contribution < 1.29 is 5.11 Å². The van der Waals surface area contributed by atoms with E-state index in [2.05, 4.69) is 6.07 Å². The highest BCUT2D eigenvalue weighted by Crippen LogP contribution is 2.31. The van der Waals surface area contributed by atoms with E-state index in [0.717, 1.165) is 15.4 Å². The lowest BCUT2D eigenvalue weighted by molar-refractivity contribution is 0.474. The average molecular weight is 241 g/mol. The van der Waals surface area contributed by atoms with Crippen LogP contribution in [0.4, 0.5) is 0 Å². The van der Waals surface area contributed by atoms with Crippen molar-refractivity contribution in [3.63, 3.8) is 0 Å². The second kappa shape index (κ2) is 4.94. The molecule has 0 saturated heterocycles. The molecule has 0 bridgehead atoms. The van der Waals surface area contributed by atoms with E-state index >= 15 is 0 Å². The number of benzene rings is 2. The Hall–Kier alpha value is -1.92. The summed E-state index contributed by atoms with van der Waals surface area (Å²) in [5, 5.41) is 18.0. The molecule has 0 atom stereocenters. The van der Waals surface area contributed by atoms with Crippen molar-refractivity contribution in [3.05, 3.63) is 53.6 Å². The van der Waals surface area contributed by atoms with Gasteiger partial charge in [-0.25, -0.2) is 0 Å². The zero-order valence-corrected chi connectivity index (χ0v) is 10.2. The summed E-state index contributed by atoms with van der Waals surface area (Å²) in [6.45, 7) is 1.96. The Balaban J connectivity index is 2.23. The van der Waals surface area contributed by atoms with Crippen LogP contribution in [0.15, 0.2) is 52.3 Å². The second-order valence-electron chi connectivity index (χ2n) is 3.69. The quantitative estimate of drug-likeness (QED) is 0.871. The lowest BCUT2D eigenvalue weighted by atomic mass is 10.2. The van der Waals surface area contributed by atoms with Crippen LogP contribution >= 0.6 is 11.8 Å². The van der Waals surface area contributed by atoms with Crippen LogP contribution in [-0.2, 0) is 0 Å². The fraction of sp³-hybridized carbons (Fsp3) is 0.0714. The number of nitrogens with zero attached hydrogens (tertiary/aromatic N) is 1. The van der Waals surface area contributed by atoms with Gasteiger partial charge in [0.1, 0.15) is 5.75 Å². The highest BCUT2D eigenvalue weighted by Gasteiger charge is 2.02. The molecule has 2 rings (SSSR count). The lowest BCUT2D eigenvalue weighted by Gasteiger charge is -2.05. The monoisotopic (exact) mass is 241 g/mol. The molecule has 2 aromatic carbocycles. The Morgan fingerprint density at radius 1 is 1.12 bits per heavy atom. The molecule has 2 aromatic rings. The summed E-state index contributed by atoms with van der Waals surface area (Å²) < 4.78 is 0. The van der Waals surface area contributed by atoms with Gasteiger partial charge in [-0.2, -0.15) is 5.26 Å². The van der Waals surface area contributed by atoms with Gasteiger partial charge in [0.25, 0.3) is 0 Å². The van der Waals surface area contributed by atoms with E-state index in [1.165, 1.54) is 0 Å². The van der Waals surface area contributed by atoms with E-state index in [1.54, 1.807) is 36.0 Å². The Morgan fingerprint density at radius 2 is 1.82 bits per heavy atom. The van der Waals surface area contributed by atoms with Crippen LogP contribution in [0.3, 0.4) is 0 Å². The van der Waals surface area contributed by atoms with Crippen LogP contribution in [0.1, 0.15) is 11.1 Å². The molecule has 17 heavy (non-hydrogen) atoms. The largest absolute Gasteiger partial charge is 0.508 e. The van der Waals surface area contributed by atoms with E-state index in [4.69, 9.17) is 5.26 Å². The first kappa shape index (κ1) is 11.6. The molecule has 1 N–H and O–H groups in total. The molecule has 2 nitrogen and oxygen atoms in total. The van der Waals surface area contributed by atoms with Gasteiger partial charge in [-0.15, -0.1) is 0 Å². The first-order chi connectivity index (χ1) is 8.19. The van der Waals surface area contributed by atoms with Gasteiger partial charge in [0.15, 0.2) is 0 Å². The van der Waals surface area contributed by atoms with Crippen LogP contribution in [0.5, 0.6) is 5.75 Å². The smallest absolute Gasteiger partial charge is 0.115 e. The highest BCUT2D eigenvalue weighted by molar-refractivity contribution is 7.99. The molecule has 0 amide bonds. The van der Waals surface area contributed by atoms with Crippen molar-refractivity contribution in [3.8, 4) is 11.8 Å². The third-order valence-corrected chi connectivity index (χ3v) is 3.56. The molecule has 0 aliphatic carbocycles. The number of nitriles is 1. The molecule has 0 aromatic heterocycles. The van der Waals surface area contributed by atoms with Crippen LogP contribution < -0.4 is 0 Å². The molecule has 0 saturated carbocycles. The fourth-order valence-electron chi connectivity index (χ4n) is 1.47. The minimum absolute atomic E-state index is 0.284. The molecular formula is C14H11NOS. The first-order valence-corrected chi connectivity index (χ1v) is 5.98. The number of rotatable bonds is 2. The van der Waals surface area contributed by atoms with Gasteiger partial charge in [0.05, 0.1) is 11.6 Å². The Labute approximate surface area is 105 Å². The fourth-order valence-corrected chi connectivity index (χ4v) is 2.35. The Morgan fingerprint density at radius 3 is 2.41 bits per heavy atom. The maximum Gasteiger partial charge on any atom is 0.115 e. The number of hydrogen-bond donors (Lipinski definition) is 1. The maximum atomic E-state index is 9.33. The van der Waals surface area contributed by atoms with Gasteiger partial charge < -0.3 is 5.11 Å². The predicted octanol–water partition coefficient (Wildman–Crippen LogP) is 3.72. The summed E-state index contributed by atoms with van der Waals surface area (Å²) in [4.78, 5) is 2.19. The molecule has 0 aliphatic rings. The standard InChI is InChI=1S/C14H11NOS/c1-10-8-12(16)4-7-14(10)17-13-5-2-11(9-15)3-6-13/h2-8,16H,1H3. The lowest BCUT2D eigenvalue weighted by Crippen LogP contribution is -1.80. The zero-order valence-electron chi connectivity index (χ0n) is 9.34. The summed E-state index contributed by atoms with van der Waals surface area (Å²) in [7, 11) is 0. The van der Waals surface area contributed by atoms with Crippen molar-refractivity contribution in [2.75, 3.05) is 0 Å². The Kier molecular flexibility index (Phi) is 3.36. The summed E-state index contributed by atoms with van der Waals surface area (Å²) >= 11 is 1.62. The summed E-state index contributed by atoms with van der Waals surface area (Å²) in [6, 6.07) is 14.9. The number of aryl methyl sites for hydroxylation is 1. The van der Waals surface area contributed by atoms with Crippen molar-refractivity contribution in [1.29, 1.82) is 5.26 Å². The zero-order chi connectivity index (χ0) is 12.3. The molecule has 84 valence electrons. The predicted molar refractivity (Wildman–Crippen MR) is 68.1 cm³/mol. The first-order valence-electron chi connectivity index (χ1n) is 5.16. The molecule has 0 fully saturated rings. The minimum atomic E-state index is 0.284. The van der Waals surface area contributed by atoms with Crippen molar-refractivity contribution in [2.24, 2.45) is 0 Å². The summed E-state index contributed by atoms with van der Waals surface area (Å²) in [5.41, 5.74) is 1.70. The molecule has 0 heterocycles. The van der Waals surface area contributed by atoms with E-state index in [1.807, 2.05) is 25.1 Å². The van der Waals surface area contributed by atoms with Gasteiger partial charge in [-0.3, -0.25) is 0 Å². The number of aromatic hydroxyl groups is 1. The van der Waals surface area contributed by atoms with E-state index in [9.17, 15) is 5.11 Å². The Bertz CT molecular complexity index is 570. The van der Waals surface area contributed by atoms with Crippen molar-refractivity contribution in [1.82, 2.24) is 0 Å². The number of phenols is 1. The highest BCUT2D eigenvalue weighted by atomic mass is 32.2. The topological polar surface area (TPSA) is 44.0 Å². The third kappa shape index (κ3) is 2.80. The third-order valence-electron chi connectivity index (χ3n) is 2.37. The second-order valence-corrected chi connectivity index (χ2v) is 4.80. The van der Waals surface area contributed by atoms with E-state index < -0.39 is 0 Å². The van der Waals surface area contributed by atoms with Gasteiger partial charge in [-0.05, 0) is 55.0 Å². The van der Waals surface area contributed by atoms with Crippen LogP contribution in [0, 0.1) is 18.3 Å². The molecule has 3 heteroatoms. The van der Waals surface area contributed by atoms with Crippen LogP contribution in [-0.4, -0.2) is 5.11 Å². The van der Waals surface area contributed by atoms with Crippen molar-refractivity contribution >= 4 is 11.8 Å². The SMILES string of the molecule is Cc1cc(O)ccc1Sc1ccc(C#N)cc1. The van der Waals surface area contributed by atoms with Gasteiger partial charge >= 0.3 is 0 Å². The molecule has 0 unspecified atom stereocenters. The maximum absolute atomic E-state index is 9.33. The van der Waals surface area contributed by atoms with Crippen LogP contribution in [0.25, 0.3) is 0 Å². The number of phenolic OH excluding ortho intramolecular Hbond substituents is 1.